The van der Waals surface area contributed by atoms with E-state index in [-0.39, 0.29) is 5.91 Å². The number of carbonyl (C=O) groups excluding carboxylic acids is 1. The molecule has 0 bridgehead atoms. The van der Waals surface area contributed by atoms with Gasteiger partial charge in [-0.15, -0.1) is 0 Å². The molecule has 1 aliphatic heterocycles. The monoisotopic (exact) mass is 596 g/mol. The smallest absolute Gasteiger partial charge is 0.271 e. The highest BCUT2D eigenvalue weighted by Gasteiger charge is 2.35. The molecular weight excluding hydrogens is 564 g/mol. The average Bonchev–Trinajstić information content (AvgIpc) is 3.31. The lowest BCUT2D eigenvalue weighted by Gasteiger charge is -2.16. The number of thioether (sulfide) groups is 1. The molecule has 7 heteroatoms. The zero-order valence-corrected chi connectivity index (χ0v) is 25.8. The number of nitrogens with zero attached hydrogens (tertiary/aromatic N) is 2. The number of rotatable bonds is 9. The van der Waals surface area contributed by atoms with E-state index in [0.29, 0.717) is 33.2 Å². The molecule has 1 saturated heterocycles. The van der Waals surface area contributed by atoms with Crippen LogP contribution in [0.3, 0.4) is 0 Å². The number of carbonyl (C=O) groups is 1. The number of hydrogen-bond acceptors (Lipinski definition) is 5. The van der Waals surface area contributed by atoms with Crippen molar-refractivity contribution in [1.82, 2.24) is 0 Å². The van der Waals surface area contributed by atoms with E-state index in [9.17, 15) is 4.79 Å². The number of aliphatic imine (C=N–C) groups is 1. The number of amides is 1. The van der Waals surface area contributed by atoms with E-state index in [0.717, 1.165) is 35.3 Å². The minimum atomic E-state index is -0.150. The van der Waals surface area contributed by atoms with E-state index in [2.05, 4.69) is 26.0 Å². The lowest BCUT2D eigenvalue weighted by atomic mass is 10.1. The fraction of sp³-hybridized carbons (Fsp3) is 0.200. The molecule has 0 saturated carbocycles. The summed E-state index contributed by atoms with van der Waals surface area (Å²) in [6, 6.07) is 27.9. The molecule has 214 valence electrons. The molecule has 4 aromatic carbocycles. The predicted octanol–water partition coefficient (Wildman–Crippen LogP) is 9.17. The molecular formula is C35H33ClN2O3S. The lowest BCUT2D eigenvalue weighted by Crippen LogP contribution is -2.28. The topological polar surface area (TPSA) is 51.1 Å². The second kappa shape index (κ2) is 13.3. The van der Waals surface area contributed by atoms with Crippen molar-refractivity contribution in [2.24, 2.45) is 4.99 Å². The Morgan fingerprint density at radius 1 is 0.881 bits per heavy atom. The Hall–Kier alpha value is -4.00. The molecule has 0 unspecified atom stereocenters. The van der Waals surface area contributed by atoms with Crippen LogP contribution < -0.4 is 14.4 Å². The molecule has 0 N–H and O–H groups in total. The third kappa shape index (κ3) is 6.72. The summed E-state index contributed by atoms with van der Waals surface area (Å²) in [6.45, 7) is 6.63. The van der Waals surface area contributed by atoms with Gasteiger partial charge >= 0.3 is 0 Å². The third-order valence-corrected chi connectivity index (χ3v) is 8.28. The number of hydrogen-bond donors (Lipinski definition) is 0. The molecule has 42 heavy (non-hydrogen) atoms. The fourth-order valence-corrected chi connectivity index (χ4v) is 5.80. The van der Waals surface area contributed by atoms with E-state index >= 15 is 0 Å². The van der Waals surface area contributed by atoms with Crippen LogP contribution in [0, 0.1) is 6.92 Å². The van der Waals surface area contributed by atoms with Crippen molar-refractivity contribution in [1.29, 1.82) is 0 Å². The van der Waals surface area contributed by atoms with Crippen LogP contribution >= 0.6 is 23.4 Å². The summed E-state index contributed by atoms with van der Waals surface area (Å²) in [6.07, 6.45) is 3.70. The van der Waals surface area contributed by atoms with E-state index in [1.54, 1.807) is 18.1 Å². The van der Waals surface area contributed by atoms with E-state index in [1.807, 2.05) is 79.7 Å². The summed E-state index contributed by atoms with van der Waals surface area (Å²) >= 11 is 8.02. The molecule has 0 spiro atoms. The maximum atomic E-state index is 13.8. The first kappa shape index (κ1) is 29.5. The molecule has 1 aliphatic rings. The normalized spacial score (nSPS) is 15.1. The van der Waals surface area contributed by atoms with Gasteiger partial charge in [-0.3, -0.25) is 9.69 Å². The van der Waals surface area contributed by atoms with Crippen molar-refractivity contribution >= 4 is 51.9 Å². The van der Waals surface area contributed by atoms with Crippen molar-refractivity contribution in [3.63, 3.8) is 0 Å². The van der Waals surface area contributed by atoms with Gasteiger partial charge in [-0.2, -0.15) is 0 Å². The first-order chi connectivity index (χ1) is 20.4. The summed E-state index contributed by atoms with van der Waals surface area (Å²) in [4.78, 5) is 20.9. The van der Waals surface area contributed by atoms with Crippen LogP contribution in [-0.2, 0) is 24.2 Å². The van der Waals surface area contributed by atoms with E-state index in [4.69, 9.17) is 26.1 Å². The summed E-state index contributed by atoms with van der Waals surface area (Å²) in [5.74, 6) is 0.805. The Bertz CT molecular complexity index is 1630. The standard InChI is InChI=1S/C35H33ClN2O3S/c1-5-24-11-15-28(16-12-24)37-35-38(29-17-13-25(6-2)14-18-29)34(39)32(42-35)21-27-19-30(36)33(31(20-27)40-4)41-22-26-9-7-23(3)8-10-26/h7-21H,5-6,22H2,1-4H3/b32-21-,37-35?. The van der Waals surface area contributed by atoms with Crippen molar-refractivity contribution in [2.45, 2.75) is 40.2 Å². The first-order valence-electron chi connectivity index (χ1n) is 13.9. The van der Waals surface area contributed by atoms with Crippen molar-refractivity contribution in [3.8, 4) is 11.5 Å². The second-order valence-corrected chi connectivity index (χ2v) is 11.4. The molecule has 1 fully saturated rings. The minimum Gasteiger partial charge on any atom is -0.493 e. The van der Waals surface area contributed by atoms with Gasteiger partial charge in [0.05, 0.1) is 28.4 Å². The number of anilines is 1. The van der Waals surface area contributed by atoms with Gasteiger partial charge in [-0.25, -0.2) is 4.99 Å². The van der Waals surface area contributed by atoms with E-state index in [1.165, 1.54) is 28.5 Å². The quantitative estimate of drug-likeness (QED) is 0.181. The van der Waals surface area contributed by atoms with E-state index < -0.39 is 0 Å². The van der Waals surface area contributed by atoms with Gasteiger partial charge in [0.1, 0.15) is 6.61 Å². The van der Waals surface area contributed by atoms with Crippen LogP contribution in [0.2, 0.25) is 5.02 Å². The fourth-order valence-electron chi connectivity index (χ4n) is 4.53. The van der Waals surface area contributed by atoms with Gasteiger partial charge in [-0.1, -0.05) is 79.5 Å². The zero-order valence-electron chi connectivity index (χ0n) is 24.2. The minimum absolute atomic E-state index is 0.150. The van der Waals surface area contributed by atoms with Crippen molar-refractivity contribution in [2.75, 3.05) is 12.0 Å². The Kier molecular flexibility index (Phi) is 9.35. The van der Waals surface area contributed by atoms with Gasteiger partial charge in [0.25, 0.3) is 5.91 Å². The summed E-state index contributed by atoms with van der Waals surface area (Å²) in [5.41, 5.74) is 6.94. The molecule has 4 aromatic rings. The van der Waals surface area contributed by atoms with Crippen LogP contribution in [0.4, 0.5) is 11.4 Å². The number of amidine groups is 1. The van der Waals surface area contributed by atoms with Gasteiger partial charge in [0, 0.05) is 0 Å². The van der Waals surface area contributed by atoms with Crippen LogP contribution in [0.25, 0.3) is 6.08 Å². The maximum absolute atomic E-state index is 13.8. The molecule has 0 atom stereocenters. The zero-order chi connectivity index (χ0) is 29.6. The third-order valence-electron chi connectivity index (χ3n) is 7.03. The van der Waals surface area contributed by atoms with Gasteiger partial charge in [0.15, 0.2) is 16.7 Å². The highest BCUT2D eigenvalue weighted by molar-refractivity contribution is 8.19. The summed E-state index contributed by atoms with van der Waals surface area (Å²) in [5, 5.41) is 0.997. The maximum Gasteiger partial charge on any atom is 0.271 e. The number of methoxy groups -OCH3 is 1. The molecule has 0 aromatic heterocycles. The Morgan fingerprint density at radius 2 is 1.50 bits per heavy atom. The molecule has 0 radical (unpaired) electrons. The van der Waals surface area contributed by atoms with Crippen LogP contribution in [0.15, 0.2) is 94.8 Å². The predicted molar refractivity (Wildman–Crippen MR) is 175 cm³/mol. The van der Waals surface area contributed by atoms with Gasteiger partial charge < -0.3 is 9.47 Å². The number of benzene rings is 4. The molecule has 1 amide bonds. The average molecular weight is 597 g/mol. The number of aryl methyl sites for hydroxylation is 3. The second-order valence-electron chi connectivity index (χ2n) is 9.99. The Labute approximate surface area is 256 Å². The Morgan fingerprint density at radius 3 is 2.12 bits per heavy atom. The largest absolute Gasteiger partial charge is 0.493 e. The van der Waals surface area contributed by atoms with Crippen molar-refractivity contribution in [3.05, 3.63) is 123 Å². The SMILES string of the molecule is CCc1ccc(N=C2S/C(=C\c3cc(Cl)c(OCc4ccc(C)cc4)c(OC)c3)C(=O)N2c2ccc(CC)cc2)cc1. The van der Waals surface area contributed by atoms with Crippen LogP contribution in [0.5, 0.6) is 11.5 Å². The summed E-state index contributed by atoms with van der Waals surface area (Å²) < 4.78 is 11.7. The molecule has 5 nitrogen and oxygen atoms in total. The number of ether oxygens (including phenoxy) is 2. The van der Waals surface area contributed by atoms with Crippen LogP contribution in [0.1, 0.15) is 41.7 Å². The summed E-state index contributed by atoms with van der Waals surface area (Å²) in [7, 11) is 1.58. The van der Waals surface area contributed by atoms with Gasteiger partial charge in [0.2, 0.25) is 0 Å². The highest BCUT2D eigenvalue weighted by atomic mass is 35.5. The lowest BCUT2D eigenvalue weighted by molar-refractivity contribution is -0.113. The molecule has 1 heterocycles. The van der Waals surface area contributed by atoms with Crippen LogP contribution in [-0.4, -0.2) is 18.2 Å². The number of halogens is 1. The highest BCUT2D eigenvalue weighted by Crippen LogP contribution is 2.41. The van der Waals surface area contributed by atoms with Gasteiger partial charge in [-0.05, 0) is 96.3 Å². The molecule has 5 rings (SSSR count). The molecule has 0 aliphatic carbocycles. The van der Waals surface area contributed by atoms with Crippen molar-refractivity contribution < 1.29 is 14.3 Å². The first-order valence-corrected chi connectivity index (χ1v) is 15.1. The Balaban J connectivity index is 1.46.